The monoisotopic (exact) mass is 474 g/mol. The van der Waals surface area contributed by atoms with Crippen LogP contribution < -0.4 is 4.90 Å². The first-order valence-corrected chi connectivity index (χ1v) is 9.92. The molecule has 2 aromatic heterocycles. The molecule has 12 heteroatoms. The summed E-state index contributed by atoms with van der Waals surface area (Å²) in [5.74, 6) is -0.621. The molecule has 2 aromatic rings. The first kappa shape index (κ1) is 24.5. The highest BCUT2D eigenvalue weighted by atomic mass is 19.4. The van der Waals surface area contributed by atoms with Crippen LogP contribution in [-0.4, -0.2) is 45.8 Å². The largest absolute Gasteiger partial charge is 0.417 e. The summed E-state index contributed by atoms with van der Waals surface area (Å²) in [5, 5.41) is 0. The first-order chi connectivity index (χ1) is 15.3. The van der Waals surface area contributed by atoms with Crippen LogP contribution in [0.15, 0.2) is 36.7 Å². The van der Waals surface area contributed by atoms with Crippen LogP contribution in [0.25, 0.3) is 0 Å². The van der Waals surface area contributed by atoms with E-state index < -0.39 is 47.8 Å². The second-order valence-corrected chi connectivity index (χ2v) is 7.98. The molecule has 0 saturated carbocycles. The summed E-state index contributed by atoms with van der Waals surface area (Å²) in [6.45, 7) is 3.35. The van der Waals surface area contributed by atoms with E-state index in [-0.39, 0.29) is 30.5 Å². The number of pyridine rings is 2. The van der Waals surface area contributed by atoms with Gasteiger partial charge >= 0.3 is 18.4 Å². The Morgan fingerprint density at radius 2 is 1.73 bits per heavy atom. The maximum atomic E-state index is 12.9. The number of Topliss-reactive ketones (excluding diaryl/α,β-unsaturated/α-hetero) is 1. The van der Waals surface area contributed by atoms with E-state index in [0.29, 0.717) is 6.20 Å². The molecule has 0 aliphatic carbocycles. The second-order valence-electron chi connectivity index (χ2n) is 7.98. The van der Waals surface area contributed by atoms with Crippen molar-refractivity contribution in [1.29, 1.82) is 0 Å². The van der Waals surface area contributed by atoms with Crippen LogP contribution in [0.4, 0.5) is 37.0 Å². The molecular formula is C21H20F6N4O2. The number of nitrogens with zero attached hydrogens (tertiary/aromatic N) is 4. The smallest absolute Gasteiger partial charge is 0.312 e. The number of rotatable bonds is 6. The van der Waals surface area contributed by atoms with Crippen molar-refractivity contribution in [3.05, 3.63) is 53.5 Å². The van der Waals surface area contributed by atoms with Crippen LogP contribution in [0, 0.1) is 5.92 Å². The quantitative estimate of drug-likeness (QED) is 0.575. The fraction of sp³-hybridized carbons (Fsp3) is 0.429. The summed E-state index contributed by atoms with van der Waals surface area (Å²) in [4.78, 5) is 35.5. The van der Waals surface area contributed by atoms with Gasteiger partial charge in [-0.05, 0) is 30.2 Å². The average molecular weight is 474 g/mol. The minimum absolute atomic E-state index is 0.00754. The molecule has 1 aliphatic rings. The highest BCUT2D eigenvalue weighted by Gasteiger charge is 2.41. The number of ketones is 1. The molecule has 0 spiro atoms. The molecule has 1 saturated heterocycles. The van der Waals surface area contributed by atoms with E-state index in [2.05, 4.69) is 9.97 Å². The molecule has 0 radical (unpaired) electrons. The summed E-state index contributed by atoms with van der Waals surface area (Å²) in [5.41, 5.74) is -1.97. The second kappa shape index (κ2) is 8.99. The molecule has 0 unspecified atom stereocenters. The highest BCUT2D eigenvalue weighted by molar-refractivity contribution is 5.96. The number of urea groups is 1. The summed E-state index contributed by atoms with van der Waals surface area (Å²) in [6, 6.07) is 2.40. The van der Waals surface area contributed by atoms with Crippen molar-refractivity contribution >= 4 is 17.6 Å². The van der Waals surface area contributed by atoms with Gasteiger partial charge in [-0.3, -0.25) is 14.7 Å². The fourth-order valence-electron chi connectivity index (χ4n) is 3.52. The first-order valence-electron chi connectivity index (χ1n) is 9.92. The number of carbonyl (C=O) groups is 2. The normalized spacial score (nSPS) is 17.2. The Balaban J connectivity index is 1.75. The highest BCUT2D eigenvalue weighted by Crippen LogP contribution is 2.32. The molecule has 3 heterocycles. The molecule has 0 bridgehead atoms. The number of anilines is 1. The molecule has 0 N–H and O–H groups in total. The lowest BCUT2D eigenvalue weighted by Gasteiger charge is -2.25. The molecule has 33 heavy (non-hydrogen) atoms. The Bertz CT molecular complexity index is 1020. The predicted molar refractivity (Wildman–Crippen MR) is 105 cm³/mol. The number of carbonyl (C=O) groups excluding carboxylic acids is 2. The molecule has 2 amide bonds. The van der Waals surface area contributed by atoms with Crippen molar-refractivity contribution in [2.75, 3.05) is 18.0 Å². The Labute approximate surface area is 185 Å². The number of hydrogen-bond donors (Lipinski definition) is 0. The Morgan fingerprint density at radius 1 is 1.06 bits per heavy atom. The SMILES string of the molecule is CC(C)[C@H]1CN(c2ccc(C(F)(F)F)cn2)C(=O)N1CC(=O)Cc1cc(C(F)(F)F)ccn1. The summed E-state index contributed by atoms with van der Waals surface area (Å²) in [7, 11) is 0. The molecule has 3 rings (SSSR count). The molecule has 1 atom stereocenters. The zero-order valence-corrected chi connectivity index (χ0v) is 17.6. The van der Waals surface area contributed by atoms with Crippen molar-refractivity contribution in [1.82, 2.24) is 14.9 Å². The zero-order valence-electron chi connectivity index (χ0n) is 17.6. The summed E-state index contributed by atoms with van der Waals surface area (Å²) < 4.78 is 77.0. The van der Waals surface area contributed by atoms with E-state index in [1.807, 2.05) is 13.8 Å². The lowest BCUT2D eigenvalue weighted by atomic mass is 10.0. The van der Waals surface area contributed by atoms with Gasteiger partial charge in [0.2, 0.25) is 0 Å². The van der Waals surface area contributed by atoms with Gasteiger partial charge in [-0.25, -0.2) is 9.78 Å². The van der Waals surface area contributed by atoms with Gasteiger partial charge in [0.1, 0.15) is 5.82 Å². The van der Waals surface area contributed by atoms with Gasteiger partial charge in [0.05, 0.1) is 30.1 Å². The van der Waals surface area contributed by atoms with E-state index in [1.165, 1.54) is 9.80 Å². The maximum Gasteiger partial charge on any atom is 0.417 e. The standard InChI is InChI=1S/C21H20F6N4O2/c1-12(2)17-11-31(18-4-3-14(9-29-18)21(25,26)27)19(33)30(17)10-16(32)8-15-7-13(5-6-28-15)20(22,23)24/h3-7,9,12,17H,8,10-11H2,1-2H3/t17-/m1/s1. The van der Waals surface area contributed by atoms with Crippen LogP contribution in [0.3, 0.4) is 0 Å². The van der Waals surface area contributed by atoms with Crippen molar-refractivity contribution in [2.24, 2.45) is 5.92 Å². The van der Waals surface area contributed by atoms with Crippen LogP contribution in [-0.2, 0) is 23.6 Å². The van der Waals surface area contributed by atoms with Gasteiger partial charge < -0.3 is 4.90 Å². The van der Waals surface area contributed by atoms with Crippen LogP contribution in [0.5, 0.6) is 0 Å². The van der Waals surface area contributed by atoms with Crippen molar-refractivity contribution in [3.63, 3.8) is 0 Å². The molecule has 178 valence electrons. The van der Waals surface area contributed by atoms with Crippen LogP contribution >= 0.6 is 0 Å². The maximum absolute atomic E-state index is 12.9. The number of halogens is 6. The predicted octanol–water partition coefficient (Wildman–Crippen LogP) is 4.59. The third-order valence-corrected chi connectivity index (χ3v) is 5.24. The van der Waals surface area contributed by atoms with Gasteiger partial charge in [-0.1, -0.05) is 13.8 Å². The van der Waals surface area contributed by atoms with Crippen molar-refractivity contribution < 1.29 is 35.9 Å². The number of hydrogen-bond acceptors (Lipinski definition) is 4. The molecule has 1 aliphatic heterocycles. The van der Waals surface area contributed by atoms with Gasteiger partial charge in [0.15, 0.2) is 5.78 Å². The van der Waals surface area contributed by atoms with E-state index in [4.69, 9.17) is 0 Å². The third-order valence-electron chi connectivity index (χ3n) is 5.24. The zero-order chi connectivity index (χ0) is 24.6. The van der Waals surface area contributed by atoms with Crippen LogP contribution in [0.1, 0.15) is 30.7 Å². The van der Waals surface area contributed by atoms with Crippen molar-refractivity contribution in [2.45, 2.75) is 38.7 Å². The molecule has 6 nitrogen and oxygen atoms in total. The number of aromatic nitrogens is 2. The number of alkyl halides is 6. The van der Waals surface area contributed by atoms with Gasteiger partial charge in [-0.15, -0.1) is 0 Å². The topological polar surface area (TPSA) is 66.4 Å². The average Bonchev–Trinajstić information content (AvgIpc) is 3.03. The van der Waals surface area contributed by atoms with Crippen molar-refractivity contribution in [3.8, 4) is 0 Å². The number of amides is 2. The minimum atomic E-state index is -4.58. The Morgan fingerprint density at radius 3 is 2.27 bits per heavy atom. The van der Waals surface area contributed by atoms with E-state index in [9.17, 15) is 35.9 Å². The summed E-state index contributed by atoms with van der Waals surface area (Å²) in [6.07, 6.45) is -7.97. The lowest BCUT2D eigenvalue weighted by Crippen LogP contribution is -2.41. The van der Waals surface area contributed by atoms with Crippen LogP contribution in [0.2, 0.25) is 0 Å². The lowest BCUT2D eigenvalue weighted by molar-refractivity contribution is -0.138. The summed E-state index contributed by atoms with van der Waals surface area (Å²) >= 11 is 0. The Kier molecular flexibility index (Phi) is 6.66. The van der Waals surface area contributed by atoms with E-state index >= 15 is 0 Å². The van der Waals surface area contributed by atoms with Gasteiger partial charge in [-0.2, -0.15) is 26.3 Å². The fourth-order valence-corrected chi connectivity index (χ4v) is 3.52. The Hall–Kier alpha value is -3.18. The van der Waals surface area contributed by atoms with E-state index in [0.717, 1.165) is 30.5 Å². The van der Waals surface area contributed by atoms with Gasteiger partial charge in [0.25, 0.3) is 0 Å². The minimum Gasteiger partial charge on any atom is -0.312 e. The van der Waals surface area contributed by atoms with E-state index in [1.54, 1.807) is 0 Å². The molecule has 0 aromatic carbocycles. The third kappa shape index (κ3) is 5.60. The molecule has 1 fully saturated rings. The molecular weight excluding hydrogens is 454 g/mol. The van der Waals surface area contributed by atoms with Gasteiger partial charge in [0, 0.05) is 24.6 Å².